The summed E-state index contributed by atoms with van der Waals surface area (Å²) in [5, 5.41) is 16.6. The van der Waals surface area contributed by atoms with Crippen LogP contribution in [0.1, 0.15) is 5.56 Å². The zero-order valence-corrected chi connectivity index (χ0v) is 17.1. The Morgan fingerprint density at radius 3 is 2.33 bits per heavy atom. The minimum atomic E-state index is 0.425. The lowest BCUT2D eigenvalue weighted by atomic mass is 9.97. The summed E-state index contributed by atoms with van der Waals surface area (Å²) in [6, 6.07) is 26.5. The Morgan fingerprint density at radius 1 is 0.933 bits per heavy atom. The monoisotopic (exact) mass is 410 g/mol. The lowest BCUT2D eigenvalue weighted by Gasteiger charge is -2.08. The highest BCUT2D eigenvalue weighted by Crippen LogP contribution is 2.28. The van der Waals surface area contributed by atoms with Gasteiger partial charge in [-0.05, 0) is 52.0 Å². The number of aromatic amines is 1. The Hall–Kier alpha value is -3.77. The number of hydrogen-bond donors (Lipinski definition) is 1. The minimum Gasteiger partial charge on any atom is -0.497 e. The van der Waals surface area contributed by atoms with Gasteiger partial charge < -0.3 is 4.74 Å². The molecule has 0 amide bonds. The molecule has 5 aromatic rings. The molecule has 1 aromatic heterocycles. The summed E-state index contributed by atoms with van der Waals surface area (Å²) in [7, 11) is 1.64. The Bertz CT molecular complexity index is 1410. The molecule has 0 spiro atoms. The molecule has 0 fully saturated rings. The number of methoxy groups -OCH3 is 1. The predicted molar refractivity (Wildman–Crippen MR) is 124 cm³/mol. The third kappa shape index (κ3) is 3.17. The maximum absolute atomic E-state index is 5.44. The Balaban J connectivity index is 1.69. The van der Waals surface area contributed by atoms with Crippen LogP contribution < -0.4 is 4.74 Å². The molecule has 0 aliphatic rings. The van der Waals surface area contributed by atoms with Gasteiger partial charge in [-0.15, -0.1) is 0 Å². The molecule has 146 valence electrons. The van der Waals surface area contributed by atoms with E-state index in [9.17, 15) is 0 Å². The van der Waals surface area contributed by atoms with Crippen LogP contribution in [0, 0.1) is 4.77 Å². The fourth-order valence-corrected chi connectivity index (χ4v) is 3.83. The van der Waals surface area contributed by atoms with Crippen LogP contribution in [0.5, 0.6) is 5.75 Å². The first-order valence-electron chi connectivity index (χ1n) is 9.51. The van der Waals surface area contributed by atoms with Gasteiger partial charge >= 0.3 is 0 Å². The maximum Gasteiger partial charge on any atom is 0.216 e. The Morgan fingerprint density at radius 2 is 1.63 bits per heavy atom. The normalized spacial score (nSPS) is 11.5. The lowest BCUT2D eigenvalue weighted by molar-refractivity contribution is 0.415. The minimum absolute atomic E-state index is 0.425. The van der Waals surface area contributed by atoms with Crippen LogP contribution in [-0.4, -0.2) is 28.2 Å². The molecule has 1 N–H and O–H groups in total. The molecule has 0 saturated carbocycles. The molecular weight excluding hydrogens is 392 g/mol. The van der Waals surface area contributed by atoms with Gasteiger partial charge in [-0.2, -0.15) is 14.9 Å². The van der Waals surface area contributed by atoms with Gasteiger partial charge in [0.25, 0.3) is 0 Å². The first-order valence-corrected chi connectivity index (χ1v) is 9.92. The summed E-state index contributed by atoms with van der Waals surface area (Å²) in [5.41, 5.74) is 1.91. The highest BCUT2D eigenvalue weighted by atomic mass is 32.1. The fourth-order valence-electron chi connectivity index (χ4n) is 3.65. The van der Waals surface area contributed by atoms with E-state index in [-0.39, 0.29) is 0 Å². The van der Waals surface area contributed by atoms with Crippen molar-refractivity contribution in [3.05, 3.63) is 89.2 Å². The SMILES string of the molecule is COc1cccc(-c2n[nH]c(=S)n2N=Cc2c3ccccc3cc3ccccc23)c1. The molecule has 0 saturated heterocycles. The molecular formula is C24H18N4OS. The molecule has 0 aliphatic carbocycles. The van der Waals surface area contributed by atoms with E-state index in [1.165, 1.54) is 10.8 Å². The number of nitrogens with zero attached hydrogens (tertiary/aromatic N) is 3. The highest BCUT2D eigenvalue weighted by Gasteiger charge is 2.10. The van der Waals surface area contributed by atoms with Gasteiger partial charge in [0.2, 0.25) is 4.77 Å². The van der Waals surface area contributed by atoms with Crippen molar-refractivity contribution in [1.29, 1.82) is 0 Å². The summed E-state index contributed by atoms with van der Waals surface area (Å²) in [6.45, 7) is 0. The molecule has 1 heterocycles. The molecule has 0 aliphatic heterocycles. The average Bonchev–Trinajstić information content (AvgIpc) is 3.17. The van der Waals surface area contributed by atoms with Gasteiger partial charge in [0.15, 0.2) is 5.82 Å². The van der Waals surface area contributed by atoms with Crippen LogP contribution in [0.3, 0.4) is 0 Å². The molecule has 0 radical (unpaired) electrons. The molecule has 0 bridgehead atoms. The van der Waals surface area contributed by atoms with E-state index < -0.39 is 0 Å². The van der Waals surface area contributed by atoms with Crippen molar-refractivity contribution in [2.45, 2.75) is 0 Å². The van der Waals surface area contributed by atoms with Crippen LogP contribution >= 0.6 is 12.2 Å². The zero-order chi connectivity index (χ0) is 20.5. The summed E-state index contributed by atoms with van der Waals surface area (Å²) >= 11 is 5.44. The topological polar surface area (TPSA) is 55.2 Å². The third-order valence-corrected chi connectivity index (χ3v) is 5.36. The number of nitrogens with one attached hydrogen (secondary N) is 1. The largest absolute Gasteiger partial charge is 0.497 e. The van der Waals surface area contributed by atoms with Crippen LogP contribution in [0.25, 0.3) is 32.9 Å². The first-order chi connectivity index (χ1) is 14.7. The van der Waals surface area contributed by atoms with Crippen molar-refractivity contribution in [2.24, 2.45) is 5.10 Å². The first kappa shape index (κ1) is 18.3. The van der Waals surface area contributed by atoms with Crippen molar-refractivity contribution in [2.75, 3.05) is 7.11 Å². The van der Waals surface area contributed by atoms with E-state index >= 15 is 0 Å². The summed E-state index contributed by atoms with van der Waals surface area (Å²) < 4.78 is 7.40. The number of fused-ring (bicyclic) bond motifs is 2. The number of benzene rings is 4. The van der Waals surface area contributed by atoms with E-state index in [0.29, 0.717) is 10.6 Å². The van der Waals surface area contributed by atoms with Crippen molar-refractivity contribution < 1.29 is 4.74 Å². The Kier molecular flexibility index (Phi) is 4.61. The van der Waals surface area contributed by atoms with E-state index in [0.717, 1.165) is 27.6 Å². The van der Waals surface area contributed by atoms with Gasteiger partial charge in [0.1, 0.15) is 5.75 Å². The zero-order valence-electron chi connectivity index (χ0n) is 16.2. The smallest absolute Gasteiger partial charge is 0.216 e. The van der Waals surface area contributed by atoms with Crippen molar-refractivity contribution in [3.8, 4) is 17.1 Å². The van der Waals surface area contributed by atoms with E-state index in [1.54, 1.807) is 11.8 Å². The molecule has 30 heavy (non-hydrogen) atoms. The second-order valence-corrected chi connectivity index (χ2v) is 7.26. The highest BCUT2D eigenvalue weighted by molar-refractivity contribution is 7.71. The van der Waals surface area contributed by atoms with Crippen molar-refractivity contribution >= 4 is 40.0 Å². The summed E-state index contributed by atoms with van der Waals surface area (Å²) in [5.74, 6) is 1.37. The van der Waals surface area contributed by atoms with Gasteiger partial charge in [-0.3, -0.25) is 0 Å². The second kappa shape index (κ2) is 7.57. The van der Waals surface area contributed by atoms with Gasteiger partial charge in [-0.1, -0.05) is 60.7 Å². The number of H-pyrrole nitrogens is 1. The van der Waals surface area contributed by atoms with Crippen LogP contribution in [0.4, 0.5) is 0 Å². The molecule has 5 nitrogen and oxygen atoms in total. The van der Waals surface area contributed by atoms with Crippen LogP contribution in [0.2, 0.25) is 0 Å². The second-order valence-electron chi connectivity index (χ2n) is 6.87. The molecule has 5 rings (SSSR count). The van der Waals surface area contributed by atoms with Crippen LogP contribution in [-0.2, 0) is 0 Å². The van der Waals surface area contributed by atoms with Gasteiger partial charge in [0, 0.05) is 11.1 Å². The predicted octanol–water partition coefficient (Wildman–Crippen LogP) is 5.80. The summed E-state index contributed by atoms with van der Waals surface area (Å²) in [6.07, 6.45) is 1.86. The summed E-state index contributed by atoms with van der Waals surface area (Å²) in [4.78, 5) is 0. The van der Waals surface area contributed by atoms with Gasteiger partial charge in [0.05, 0.1) is 13.3 Å². The molecule has 4 aromatic carbocycles. The van der Waals surface area contributed by atoms with Crippen LogP contribution in [0.15, 0.2) is 84.0 Å². The number of aromatic nitrogens is 3. The average molecular weight is 411 g/mol. The number of rotatable bonds is 4. The molecule has 6 heteroatoms. The van der Waals surface area contributed by atoms with Crippen molar-refractivity contribution in [3.63, 3.8) is 0 Å². The maximum atomic E-state index is 5.44. The quantitative estimate of drug-likeness (QED) is 0.231. The lowest BCUT2D eigenvalue weighted by Crippen LogP contribution is -1.96. The standard InChI is InChI=1S/C24H18N4OS/c1-29-19-10-6-9-18(14-19)23-26-27-24(30)28(23)25-15-22-20-11-4-2-7-16(20)13-17-8-3-5-12-21(17)22/h2-15H,1H3,(H,27,30). The van der Waals surface area contributed by atoms with Gasteiger partial charge in [-0.25, -0.2) is 5.10 Å². The fraction of sp³-hybridized carbons (Fsp3) is 0.0417. The number of ether oxygens (including phenoxy) is 1. The molecule has 0 atom stereocenters. The van der Waals surface area contributed by atoms with Crippen molar-refractivity contribution in [1.82, 2.24) is 14.9 Å². The molecule has 0 unspecified atom stereocenters. The van der Waals surface area contributed by atoms with E-state index in [1.807, 2.05) is 54.7 Å². The number of hydrogen-bond acceptors (Lipinski definition) is 4. The van der Waals surface area contributed by atoms with E-state index in [4.69, 9.17) is 22.1 Å². The Labute approximate surface area is 178 Å². The third-order valence-electron chi connectivity index (χ3n) is 5.09. The van der Waals surface area contributed by atoms with E-state index in [2.05, 4.69) is 40.5 Å².